The van der Waals surface area contributed by atoms with E-state index >= 15 is 0 Å². The molecule has 0 atom stereocenters. The summed E-state index contributed by atoms with van der Waals surface area (Å²) in [6, 6.07) is 13.8. The zero-order chi connectivity index (χ0) is 15.1. The van der Waals surface area contributed by atoms with E-state index < -0.39 is 0 Å². The number of amides is 1. The maximum atomic E-state index is 11.5. The maximum absolute atomic E-state index is 11.5. The van der Waals surface area contributed by atoms with E-state index in [0.717, 1.165) is 13.0 Å². The van der Waals surface area contributed by atoms with Crippen molar-refractivity contribution in [3.8, 4) is 0 Å². The van der Waals surface area contributed by atoms with Gasteiger partial charge in [0.25, 0.3) is 0 Å². The Labute approximate surface area is 124 Å². The first-order valence-electron chi connectivity index (χ1n) is 7.07. The lowest BCUT2D eigenvalue weighted by molar-refractivity contribution is -0.118. The molecule has 1 aromatic heterocycles. The fraction of sp³-hybridized carbons (Fsp3) is 0.312. The lowest BCUT2D eigenvalue weighted by Crippen LogP contribution is -2.19. The van der Waals surface area contributed by atoms with E-state index in [1.165, 1.54) is 5.56 Å². The van der Waals surface area contributed by atoms with Crippen molar-refractivity contribution < 1.29 is 4.79 Å². The van der Waals surface area contributed by atoms with Crippen LogP contribution in [0.5, 0.6) is 0 Å². The van der Waals surface area contributed by atoms with Gasteiger partial charge in [-0.2, -0.15) is 0 Å². The average molecular weight is 284 g/mol. The number of benzene rings is 1. The SMILES string of the molecule is CC(C)C(=O)Nc1ccc(NCCc2ccccc2)nn1. The van der Waals surface area contributed by atoms with Crippen LogP contribution in [0, 0.1) is 5.92 Å². The number of nitrogens with zero attached hydrogens (tertiary/aromatic N) is 2. The second kappa shape index (κ2) is 7.38. The summed E-state index contributed by atoms with van der Waals surface area (Å²) in [5.41, 5.74) is 1.28. The predicted molar refractivity (Wildman–Crippen MR) is 84.1 cm³/mol. The van der Waals surface area contributed by atoms with E-state index in [-0.39, 0.29) is 11.8 Å². The molecule has 5 heteroatoms. The summed E-state index contributed by atoms with van der Waals surface area (Å²) in [5, 5.41) is 13.9. The molecule has 5 nitrogen and oxygen atoms in total. The number of carbonyl (C=O) groups is 1. The monoisotopic (exact) mass is 284 g/mol. The van der Waals surface area contributed by atoms with Gasteiger partial charge in [0.2, 0.25) is 5.91 Å². The molecule has 1 amide bonds. The lowest BCUT2D eigenvalue weighted by Gasteiger charge is -2.08. The van der Waals surface area contributed by atoms with Crippen molar-refractivity contribution in [3.05, 3.63) is 48.0 Å². The molecule has 0 spiro atoms. The fourth-order valence-corrected chi connectivity index (χ4v) is 1.74. The molecule has 1 heterocycles. The van der Waals surface area contributed by atoms with E-state index in [9.17, 15) is 4.79 Å². The normalized spacial score (nSPS) is 10.4. The summed E-state index contributed by atoms with van der Waals surface area (Å²) >= 11 is 0. The molecule has 0 saturated heterocycles. The molecule has 0 aliphatic rings. The smallest absolute Gasteiger partial charge is 0.228 e. The van der Waals surface area contributed by atoms with Gasteiger partial charge in [-0.15, -0.1) is 10.2 Å². The Morgan fingerprint density at radius 1 is 1.05 bits per heavy atom. The highest BCUT2D eigenvalue weighted by Crippen LogP contribution is 2.08. The van der Waals surface area contributed by atoms with Gasteiger partial charge in [0.15, 0.2) is 5.82 Å². The Morgan fingerprint density at radius 3 is 2.33 bits per heavy atom. The number of aromatic nitrogens is 2. The quantitative estimate of drug-likeness (QED) is 0.856. The van der Waals surface area contributed by atoms with Crippen molar-refractivity contribution >= 4 is 17.5 Å². The number of nitrogens with one attached hydrogen (secondary N) is 2. The molecule has 0 saturated carbocycles. The molecule has 1 aromatic carbocycles. The van der Waals surface area contributed by atoms with Crippen molar-refractivity contribution in [3.63, 3.8) is 0 Å². The highest BCUT2D eigenvalue weighted by atomic mass is 16.1. The highest BCUT2D eigenvalue weighted by molar-refractivity contribution is 5.91. The van der Waals surface area contributed by atoms with E-state index in [1.54, 1.807) is 6.07 Å². The summed E-state index contributed by atoms with van der Waals surface area (Å²) in [7, 11) is 0. The van der Waals surface area contributed by atoms with Crippen molar-refractivity contribution in [1.29, 1.82) is 0 Å². The minimum atomic E-state index is -0.0736. The standard InChI is InChI=1S/C16H20N4O/c1-12(2)16(21)18-15-9-8-14(19-20-15)17-11-10-13-6-4-3-5-7-13/h3-9,12H,10-11H2,1-2H3,(H,17,19)(H,18,20,21). The molecule has 21 heavy (non-hydrogen) atoms. The van der Waals surface area contributed by atoms with Gasteiger partial charge in [0.1, 0.15) is 5.82 Å². The van der Waals surface area contributed by atoms with Gasteiger partial charge in [0.05, 0.1) is 0 Å². The molecular formula is C16H20N4O. The molecule has 0 bridgehead atoms. The van der Waals surface area contributed by atoms with Crippen molar-refractivity contribution in [2.24, 2.45) is 5.92 Å². The van der Waals surface area contributed by atoms with Gasteiger partial charge < -0.3 is 10.6 Å². The first-order chi connectivity index (χ1) is 10.1. The lowest BCUT2D eigenvalue weighted by atomic mass is 10.1. The van der Waals surface area contributed by atoms with Crippen LogP contribution in [-0.2, 0) is 11.2 Å². The van der Waals surface area contributed by atoms with Crippen molar-refractivity contribution in [2.45, 2.75) is 20.3 Å². The largest absolute Gasteiger partial charge is 0.368 e. The predicted octanol–water partition coefficient (Wildman–Crippen LogP) is 2.73. The third-order valence-corrected chi connectivity index (χ3v) is 3.00. The Bertz CT molecular complexity index is 567. The number of hydrogen-bond donors (Lipinski definition) is 2. The van der Waals surface area contributed by atoms with Crippen LogP contribution in [0.15, 0.2) is 42.5 Å². The summed E-state index contributed by atoms with van der Waals surface area (Å²) in [4.78, 5) is 11.5. The summed E-state index contributed by atoms with van der Waals surface area (Å²) in [5.74, 6) is 1.04. The molecule has 0 aliphatic heterocycles. The number of rotatable bonds is 6. The Morgan fingerprint density at radius 2 is 1.71 bits per heavy atom. The van der Waals surface area contributed by atoms with Gasteiger partial charge in [-0.1, -0.05) is 44.2 Å². The summed E-state index contributed by atoms with van der Waals surface area (Å²) < 4.78 is 0. The second-order valence-corrected chi connectivity index (χ2v) is 5.11. The molecule has 2 aromatic rings. The zero-order valence-corrected chi connectivity index (χ0v) is 12.3. The van der Waals surface area contributed by atoms with Crippen molar-refractivity contribution in [2.75, 3.05) is 17.2 Å². The summed E-state index contributed by atoms with van der Waals surface area (Å²) in [6.07, 6.45) is 0.925. The first kappa shape index (κ1) is 15.0. The van der Waals surface area contributed by atoms with Crippen LogP contribution in [0.2, 0.25) is 0 Å². The molecule has 2 N–H and O–H groups in total. The molecule has 0 aliphatic carbocycles. The fourth-order valence-electron chi connectivity index (χ4n) is 1.74. The third kappa shape index (κ3) is 4.87. The average Bonchev–Trinajstić information content (AvgIpc) is 2.50. The zero-order valence-electron chi connectivity index (χ0n) is 12.3. The van der Waals surface area contributed by atoms with Gasteiger partial charge >= 0.3 is 0 Å². The topological polar surface area (TPSA) is 66.9 Å². The molecular weight excluding hydrogens is 264 g/mol. The van der Waals surface area contributed by atoms with E-state index in [0.29, 0.717) is 11.6 Å². The molecule has 2 rings (SSSR count). The molecule has 0 fully saturated rings. The number of hydrogen-bond acceptors (Lipinski definition) is 4. The van der Waals surface area contributed by atoms with Crippen LogP contribution < -0.4 is 10.6 Å². The van der Waals surface area contributed by atoms with E-state index in [1.807, 2.05) is 38.1 Å². The van der Waals surface area contributed by atoms with Crippen LogP contribution in [0.4, 0.5) is 11.6 Å². The van der Waals surface area contributed by atoms with Crippen LogP contribution in [0.3, 0.4) is 0 Å². The Balaban J connectivity index is 1.81. The highest BCUT2D eigenvalue weighted by Gasteiger charge is 2.07. The Hall–Kier alpha value is -2.43. The van der Waals surface area contributed by atoms with Crippen LogP contribution in [0.25, 0.3) is 0 Å². The molecule has 0 unspecified atom stereocenters. The van der Waals surface area contributed by atoms with Crippen LogP contribution in [-0.4, -0.2) is 22.6 Å². The summed E-state index contributed by atoms with van der Waals surface area (Å²) in [6.45, 7) is 4.46. The van der Waals surface area contributed by atoms with E-state index in [4.69, 9.17) is 0 Å². The van der Waals surface area contributed by atoms with Gasteiger partial charge in [0, 0.05) is 12.5 Å². The van der Waals surface area contributed by atoms with Crippen LogP contribution in [0.1, 0.15) is 19.4 Å². The van der Waals surface area contributed by atoms with Crippen LogP contribution >= 0.6 is 0 Å². The number of anilines is 2. The van der Waals surface area contributed by atoms with Crippen molar-refractivity contribution in [1.82, 2.24) is 10.2 Å². The minimum Gasteiger partial charge on any atom is -0.368 e. The third-order valence-electron chi connectivity index (χ3n) is 3.00. The second-order valence-electron chi connectivity index (χ2n) is 5.11. The molecule has 0 radical (unpaired) electrons. The van der Waals surface area contributed by atoms with Gasteiger partial charge in [-0.05, 0) is 24.1 Å². The maximum Gasteiger partial charge on any atom is 0.228 e. The molecule has 110 valence electrons. The van der Waals surface area contributed by atoms with Gasteiger partial charge in [-0.25, -0.2) is 0 Å². The first-order valence-corrected chi connectivity index (χ1v) is 7.07. The number of carbonyl (C=O) groups excluding carboxylic acids is 1. The van der Waals surface area contributed by atoms with Gasteiger partial charge in [-0.3, -0.25) is 4.79 Å². The van der Waals surface area contributed by atoms with E-state index in [2.05, 4.69) is 33.0 Å². The Kier molecular flexibility index (Phi) is 5.26. The minimum absolute atomic E-state index is 0.0610.